The van der Waals surface area contributed by atoms with Crippen molar-refractivity contribution in [1.82, 2.24) is 4.90 Å². The van der Waals surface area contributed by atoms with Gasteiger partial charge in [-0.2, -0.15) is 13.2 Å². The Morgan fingerprint density at radius 1 is 1.22 bits per heavy atom. The summed E-state index contributed by atoms with van der Waals surface area (Å²) in [5.41, 5.74) is 0.736. The van der Waals surface area contributed by atoms with Gasteiger partial charge in [0, 0.05) is 0 Å². The summed E-state index contributed by atoms with van der Waals surface area (Å²) < 4.78 is 46.3. The van der Waals surface area contributed by atoms with Gasteiger partial charge >= 0.3 is 6.18 Å². The Morgan fingerprint density at radius 3 is 2.30 bits per heavy atom. The lowest BCUT2D eigenvalue weighted by Gasteiger charge is -2.38. The summed E-state index contributed by atoms with van der Waals surface area (Å²) in [6, 6.07) is 6.14. The normalized spacial score (nSPS) is 22.0. The van der Waals surface area contributed by atoms with Gasteiger partial charge in [0.25, 0.3) is 0 Å². The summed E-state index contributed by atoms with van der Waals surface area (Å²) in [6.07, 6.45) is -4.16. The molecule has 0 saturated carbocycles. The fourth-order valence-electron chi connectivity index (χ4n) is 2.63. The number of nitrogens with zero attached hydrogens (tertiary/aromatic N) is 1. The number of morpholine rings is 1. The van der Waals surface area contributed by atoms with Crippen molar-refractivity contribution in [3.05, 3.63) is 29.8 Å². The van der Waals surface area contributed by atoms with Crippen LogP contribution in [0, 0.1) is 0 Å². The number of alkyl halides is 3. The van der Waals surface area contributed by atoms with Gasteiger partial charge in [0.2, 0.25) is 5.91 Å². The zero-order valence-electron chi connectivity index (χ0n) is 13.1. The van der Waals surface area contributed by atoms with E-state index in [2.05, 4.69) is 4.74 Å². The van der Waals surface area contributed by atoms with Crippen molar-refractivity contribution in [2.45, 2.75) is 38.5 Å². The maximum absolute atomic E-state index is 12.4. The molecule has 1 saturated heterocycles. The van der Waals surface area contributed by atoms with E-state index in [4.69, 9.17) is 4.74 Å². The van der Waals surface area contributed by atoms with Crippen molar-refractivity contribution in [2.24, 2.45) is 0 Å². The summed E-state index contributed by atoms with van der Waals surface area (Å²) in [5, 5.41) is 0. The lowest BCUT2D eigenvalue weighted by atomic mass is 10.1. The van der Waals surface area contributed by atoms with Crippen LogP contribution in [0.1, 0.15) is 19.4 Å². The number of hydrogen-bond acceptors (Lipinski definition) is 3. The van der Waals surface area contributed by atoms with Crippen molar-refractivity contribution >= 4 is 5.91 Å². The number of halogens is 3. The first-order valence-corrected chi connectivity index (χ1v) is 7.43. The van der Waals surface area contributed by atoms with Gasteiger partial charge < -0.3 is 14.4 Å². The van der Waals surface area contributed by atoms with Gasteiger partial charge in [-0.15, -0.1) is 0 Å². The quantitative estimate of drug-likeness (QED) is 0.852. The first-order valence-electron chi connectivity index (χ1n) is 7.43. The van der Waals surface area contributed by atoms with Crippen LogP contribution >= 0.6 is 0 Å². The molecule has 0 radical (unpaired) electrons. The lowest BCUT2D eigenvalue weighted by Crippen LogP contribution is -2.53. The smallest absolute Gasteiger partial charge is 0.422 e. The molecule has 0 spiro atoms. The largest absolute Gasteiger partial charge is 0.484 e. The molecule has 128 valence electrons. The Balaban J connectivity index is 1.93. The van der Waals surface area contributed by atoms with Crippen molar-refractivity contribution < 1.29 is 27.4 Å². The predicted molar refractivity (Wildman–Crippen MR) is 78.3 cm³/mol. The molecule has 1 aliphatic rings. The fourth-order valence-corrected chi connectivity index (χ4v) is 2.63. The second kappa shape index (κ2) is 7.21. The molecule has 0 unspecified atom stereocenters. The molecule has 4 nitrogen and oxygen atoms in total. The van der Waals surface area contributed by atoms with Gasteiger partial charge in [-0.3, -0.25) is 4.79 Å². The van der Waals surface area contributed by atoms with Gasteiger partial charge in [-0.1, -0.05) is 12.1 Å². The number of rotatable bonds is 4. The van der Waals surface area contributed by atoms with Crippen LogP contribution < -0.4 is 4.74 Å². The van der Waals surface area contributed by atoms with Crippen LogP contribution in [0.15, 0.2) is 24.3 Å². The first-order chi connectivity index (χ1) is 10.8. The Bertz CT molecular complexity index is 520. The highest BCUT2D eigenvalue weighted by Crippen LogP contribution is 2.20. The van der Waals surface area contributed by atoms with Gasteiger partial charge in [0.1, 0.15) is 5.75 Å². The highest BCUT2D eigenvalue weighted by Gasteiger charge is 2.30. The van der Waals surface area contributed by atoms with Gasteiger partial charge in [-0.25, -0.2) is 0 Å². The minimum absolute atomic E-state index is 0.0145. The number of amides is 1. The first kappa shape index (κ1) is 17.6. The number of hydrogen-bond donors (Lipinski definition) is 0. The van der Waals surface area contributed by atoms with Crippen LogP contribution in [-0.4, -0.2) is 48.9 Å². The number of benzene rings is 1. The van der Waals surface area contributed by atoms with E-state index in [-0.39, 0.29) is 30.2 Å². The highest BCUT2D eigenvalue weighted by atomic mass is 19.4. The highest BCUT2D eigenvalue weighted by molar-refractivity contribution is 5.79. The molecule has 7 heteroatoms. The molecule has 0 bridgehead atoms. The van der Waals surface area contributed by atoms with Crippen LogP contribution in [0.3, 0.4) is 0 Å². The van der Waals surface area contributed by atoms with E-state index >= 15 is 0 Å². The van der Waals surface area contributed by atoms with E-state index in [0.29, 0.717) is 13.2 Å². The van der Waals surface area contributed by atoms with E-state index in [9.17, 15) is 18.0 Å². The minimum Gasteiger partial charge on any atom is -0.484 e. The average molecular weight is 331 g/mol. The van der Waals surface area contributed by atoms with Crippen molar-refractivity contribution in [2.75, 3.05) is 19.8 Å². The molecule has 1 aromatic rings. The van der Waals surface area contributed by atoms with Gasteiger partial charge in [0.15, 0.2) is 6.61 Å². The molecule has 1 aromatic carbocycles. The molecule has 23 heavy (non-hydrogen) atoms. The van der Waals surface area contributed by atoms with E-state index in [1.807, 2.05) is 13.8 Å². The number of ether oxygens (including phenoxy) is 2. The third-order valence-electron chi connectivity index (χ3n) is 3.64. The molecular formula is C16H20F3NO3. The molecule has 0 aliphatic carbocycles. The van der Waals surface area contributed by atoms with E-state index in [0.717, 1.165) is 5.56 Å². The van der Waals surface area contributed by atoms with Crippen molar-refractivity contribution in [1.29, 1.82) is 0 Å². The van der Waals surface area contributed by atoms with E-state index in [1.165, 1.54) is 12.1 Å². The van der Waals surface area contributed by atoms with E-state index < -0.39 is 12.8 Å². The molecule has 1 amide bonds. The van der Waals surface area contributed by atoms with Crippen molar-refractivity contribution in [3.63, 3.8) is 0 Å². The number of carbonyl (C=O) groups excluding carboxylic acids is 1. The van der Waals surface area contributed by atoms with Crippen LogP contribution in [-0.2, 0) is 16.0 Å². The van der Waals surface area contributed by atoms with Crippen LogP contribution in [0.2, 0.25) is 0 Å². The molecular weight excluding hydrogens is 311 g/mol. The lowest BCUT2D eigenvalue weighted by molar-refractivity contribution is -0.153. The topological polar surface area (TPSA) is 38.8 Å². The van der Waals surface area contributed by atoms with Gasteiger partial charge in [0.05, 0.1) is 31.7 Å². The maximum atomic E-state index is 12.4. The average Bonchev–Trinajstić information content (AvgIpc) is 2.45. The molecule has 1 heterocycles. The summed E-state index contributed by atoms with van der Waals surface area (Å²) in [5.74, 6) is 0.115. The summed E-state index contributed by atoms with van der Waals surface area (Å²) in [7, 11) is 0. The van der Waals surface area contributed by atoms with Gasteiger partial charge in [-0.05, 0) is 31.5 Å². The number of carbonyl (C=O) groups is 1. The minimum atomic E-state index is -4.36. The molecule has 0 aromatic heterocycles. The Hall–Kier alpha value is -1.76. The maximum Gasteiger partial charge on any atom is 0.422 e. The predicted octanol–water partition coefficient (Wildman–Crippen LogP) is 2.81. The summed E-state index contributed by atoms with van der Waals surface area (Å²) >= 11 is 0. The SMILES string of the molecule is C[C@@H]1COC[C@@H](C)N1C(=O)Cc1ccc(OCC(F)(F)F)cc1. The monoisotopic (exact) mass is 331 g/mol. The van der Waals surface area contributed by atoms with Crippen LogP contribution in [0.5, 0.6) is 5.75 Å². The molecule has 1 fully saturated rings. The molecule has 2 rings (SSSR count). The van der Waals surface area contributed by atoms with Crippen LogP contribution in [0.4, 0.5) is 13.2 Å². The Kier molecular flexibility index (Phi) is 5.51. The second-order valence-corrected chi connectivity index (χ2v) is 5.76. The second-order valence-electron chi connectivity index (χ2n) is 5.76. The fraction of sp³-hybridized carbons (Fsp3) is 0.562. The third kappa shape index (κ3) is 5.13. The zero-order chi connectivity index (χ0) is 17.0. The molecule has 0 N–H and O–H groups in total. The van der Waals surface area contributed by atoms with Crippen LogP contribution in [0.25, 0.3) is 0 Å². The van der Waals surface area contributed by atoms with Crippen molar-refractivity contribution in [3.8, 4) is 5.75 Å². The Morgan fingerprint density at radius 2 is 1.78 bits per heavy atom. The summed E-state index contributed by atoms with van der Waals surface area (Å²) in [6.45, 7) is 3.57. The standard InChI is InChI=1S/C16H20F3NO3/c1-11-8-22-9-12(2)20(11)15(21)7-13-3-5-14(6-4-13)23-10-16(17,18)19/h3-6,11-12H,7-10H2,1-2H3/t11-,12-/m1/s1. The summed E-state index contributed by atoms with van der Waals surface area (Å²) in [4.78, 5) is 14.2. The zero-order valence-corrected chi connectivity index (χ0v) is 13.1. The Labute approximate surface area is 133 Å². The third-order valence-corrected chi connectivity index (χ3v) is 3.64. The molecule has 2 atom stereocenters. The molecule has 1 aliphatic heterocycles. The van der Waals surface area contributed by atoms with E-state index in [1.54, 1.807) is 17.0 Å².